The molecular formula is C15H12N2S. The number of fused-ring (bicyclic) bond motifs is 1. The van der Waals surface area contributed by atoms with Crippen LogP contribution in [0.5, 0.6) is 0 Å². The minimum absolute atomic E-state index is 0.441. The number of nitrogens with zero attached hydrogens (tertiary/aromatic N) is 1. The summed E-state index contributed by atoms with van der Waals surface area (Å²) in [5, 5.41) is 12.3. The summed E-state index contributed by atoms with van der Waals surface area (Å²) in [6.07, 6.45) is 0.441. The molecule has 1 aromatic carbocycles. The van der Waals surface area contributed by atoms with E-state index >= 15 is 0 Å². The summed E-state index contributed by atoms with van der Waals surface area (Å²) in [6, 6.07) is 12.7. The van der Waals surface area contributed by atoms with Crippen molar-refractivity contribution in [3.63, 3.8) is 0 Å². The predicted molar refractivity (Wildman–Crippen MR) is 75.7 cm³/mol. The molecule has 0 aliphatic rings. The van der Waals surface area contributed by atoms with Crippen molar-refractivity contribution in [2.75, 3.05) is 0 Å². The smallest absolute Gasteiger partial charge is 0.0670 e. The third kappa shape index (κ3) is 1.71. The Balaban J connectivity index is 2.31. The quantitative estimate of drug-likeness (QED) is 0.726. The van der Waals surface area contributed by atoms with Crippen molar-refractivity contribution in [3.05, 3.63) is 46.8 Å². The Kier molecular flexibility index (Phi) is 2.66. The molecule has 0 aliphatic carbocycles. The summed E-state index contributed by atoms with van der Waals surface area (Å²) >= 11 is 1.69. The van der Waals surface area contributed by atoms with Crippen molar-refractivity contribution >= 4 is 22.2 Å². The highest BCUT2D eigenvalue weighted by Gasteiger charge is 2.13. The number of aryl methyl sites for hydroxylation is 1. The molecule has 0 spiro atoms. The molecule has 2 aromatic heterocycles. The van der Waals surface area contributed by atoms with Crippen LogP contribution in [0.1, 0.15) is 11.1 Å². The Labute approximate surface area is 110 Å². The zero-order chi connectivity index (χ0) is 12.5. The van der Waals surface area contributed by atoms with Crippen LogP contribution < -0.4 is 0 Å². The minimum Gasteiger partial charge on any atom is -0.354 e. The second-order valence-corrected chi connectivity index (χ2v) is 5.29. The molecule has 0 unspecified atom stereocenters. The number of thiophene rings is 1. The van der Waals surface area contributed by atoms with E-state index in [0.717, 1.165) is 16.8 Å². The van der Waals surface area contributed by atoms with Crippen LogP contribution >= 0.6 is 11.3 Å². The molecule has 0 amide bonds. The van der Waals surface area contributed by atoms with Gasteiger partial charge in [-0.05, 0) is 30.5 Å². The first-order valence-corrected chi connectivity index (χ1v) is 6.69. The van der Waals surface area contributed by atoms with E-state index in [0.29, 0.717) is 6.42 Å². The van der Waals surface area contributed by atoms with Gasteiger partial charge in [0.05, 0.1) is 23.1 Å². The number of rotatable bonds is 2. The molecule has 0 saturated carbocycles. The molecule has 2 heterocycles. The lowest BCUT2D eigenvalue weighted by atomic mass is 10.1. The van der Waals surface area contributed by atoms with Gasteiger partial charge in [0, 0.05) is 16.5 Å². The van der Waals surface area contributed by atoms with Gasteiger partial charge >= 0.3 is 0 Å². The normalized spacial score (nSPS) is 10.7. The summed E-state index contributed by atoms with van der Waals surface area (Å²) in [5.74, 6) is 0. The van der Waals surface area contributed by atoms with Gasteiger partial charge in [-0.2, -0.15) is 5.26 Å². The maximum Gasteiger partial charge on any atom is 0.0670 e. The van der Waals surface area contributed by atoms with Gasteiger partial charge in [-0.25, -0.2) is 0 Å². The molecule has 1 N–H and O–H groups in total. The van der Waals surface area contributed by atoms with Crippen molar-refractivity contribution in [2.24, 2.45) is 0 Å². The molecule has 0 aliphatic heterocycles. The summed E-state index contributed by atoms with van der Waals surface area (Å²) in [7, 11) is 0. The summed E-state index contributed by atoms with van der Waals surface area (Å²) in [4.78, 5) is 4.63. The summed E-state index contributed by atoms with van der Waals surface area (Å²) in [5.41, 5.74) is 4.53. The maximum atomic E-state index is 9.03. The Morgan fingerprint density at radius 3 is 2.94 bits per heavy atom. The number of hydrogen-bond donors (Lipinski definition) is 1. The molecule has 0 fully saturated rings. The second-order valence-electron chi connectivity index (χ2n) is 4.34. The molecular weight excluding hydrogens is 240 g/mol. The van der Waals surface area contributed by atoms with E-state index < -0.39 is 0 Å². The van der Waals surface area contributed by atoms with Crippen LogP contribution in [0.4, 0.5) is 0 Å². The molecule has 3 rings (SSSR count). The first-order chi connectivity index (χ1) is 8.79. The lowest BCUT2D eigenvalue weighted by Gasteiger charge is -1.98. The van der Waals surface area contributed by atoms with E-state index in [-0.39, 0.29) is 0 Å². The van der Waals surface area contributed by atoms with Gasteiger partial charge < -0.3 is 4.98 Å². The lowest BCUT2D eigenvalue weighted by molar-refractivity contribution is 1.28. The average Bonchev–Trinajstić information content (AvgIpc) is 2.98. The van der Waals surface area contributed by atoms with Crippen LogP contribution in [-0.4, -0.2) is 4.98 Å². The maximum absolute atomic E-state index is 9.03. The molecule has 0 bridgehead atoms. The third-order valence-electron chi connectivity index (χ3n) is 3.09. The molecule has 18 heavy (non-hydrogen) atoms. The zero-order valence-electron chi connectivity index (χ0n) is 10.0. The first-order valence-electron chi connectivity index (χ1n) is 5.81. The van der Waals surface area contributed by atoms with Gasteiger partial charge in [0.15, 0.2) is 0 Å². The largest absolute Gasteiger partial charge is 0.354 e. The van der Waals surface area contributed by atoms with Gasteiger partial charge in [0.2, 0.25) is 0 Å². The van der Waals surface area contributed by atoms with Crippen LogP contribution in [0.15, 0.2) is 35.7 Å². The van der Waals surface area contributed by atoms with Gasteiger partial charge in [0.25, 0.3) is 0 Å². The second kappa shape index (κ2) is 4.32. The number of nitrogens with one attached hydrogen (secondary N) is 1. The number of H-pyrrole nitrogens is 1. The highest BCUT2D eigenvalue weighted by Crippen LogP contribution is 2.33. The summed E-state index contributed by atoms with van der Waals surface area (Å²) in [6.45, 7) is 2.08. The van der Waals surface area contributed by atoms with Crippen LogP contribution in [0.3, 0.4) is 0 Å². The number of benzene rings is 1. The highest BCUT2D eigenvalue weighted by atomic mass is 32.1. The summed E-state index contributed by atoms with van der Waals surface area (Å²) < 4.78 is 0. The standard InChI is InChI=1S/C15H12N2S/c1-10-4-5-13-12(9-10)11(6-7-16)15(17-13)14-3-2-8-18-14/h2-5,8-9,17H,6H2,1H3. The number of hydrogen-bond acceptors (Lipinski definition) is 2. The van der Waals surface area contributed by atoms with Crippen molar-refractivity contribution in [1.82, 2.24) is 4.98 Å². The average molecular weight is 252 g/mol. The van der Waals surface area contributed by atoms with E-state index in [4.69, 9.17) is 5.26 Å². The van der Waals surface area contributed by atoms with Crippen molar-refractivity contribution < 1.29 is 0 Å². The molecule has 0 radical (unpaired) electrons. The molecule has 0 saturated heterocycles. The van der Waals surface area contributed by atoms with Crippen LogP contribution in [0, 0.1) is 18.3 Å². The molecule has 2 nitrogen and oxygen atoms in total. The fraction of sp³-hybridized carbons (Fsp3) is 0.133. The number of aromatic nitrogens is 1. The Morgan fingerprint density at radius 1 is 1.33 bits per heavy atom. The Bertz CT molecular complexity index is 730. The van der Waals surface area contributed by atoms with Gasteiger partial charge in [-0.15, -0.1) is 11.3 Å². The molecule has 3 heteroatoms. The van der Waals surface area contributed by atoms with Gasteiger partial charge in [0.1, 0.15) is 0 Å². The minimum atomic E-state index is 0.441. The van der Waals surface area contributed by atoms with E-state index in [1.54, 1.807) is 11.3 Å². The third-order valence-corrected chi connectivity index (χ3v) is 3.97. The molecule has 88 valence electrons. The SMILES string of the molecule is Cc1ccc2[nH]c(-c3cccs3)c(CC#N)c2c1. The van der Waals surface area contributed by atoms with E-state index in [1.165, 1.54) is 15.8 Å². The molecule has 0 atom stereocenters. The van der Waals surface area contributed by atoms with E-state index in [9.17, 15) is 0 Å². The van der Waals surface area contributed by atoms with Crippen LogP contribution in [-0.2, 0) is 6.42 Å². The first kappa shape index (κ1) is 11.1. The zero-order valence-corrected chi connectivity index (χ0v) is 10.8. The Hall–Kier alpha value is -2.05. The number of aromatic amines is 1. The number of nitriles is 1. The van der Waals surface area contributed by atoms with Crippen molar-refractivity contribution in [3.8, 4) is 16.6 Å². The monoisotopic (exact) mass is 252 g/mol. The highest BCUT2D eigenvalue weighted by molar-refractivity contribution is 7.13. The van der Waals surface area contributed by atoms with Crippen molar-refractivity contribution in [2.45, 2.75) is 13.3 Å². The van der Waals surface area contributed by atoms with E-state index in [1.807, 2.05) is 6.07 Å². The van der Waals surface area contributed by atoms with Crippen LogP contribution in [0.25, 0.3) is 21.5 Å². The van der Waals surface area contributed by atoms with Gasteiger partial charge in [-0.3, -0.25) is 0 Å². The fourth-order valence-electron chi connectivity index (χ4n) is 2.26. The van der Waals surface area contributed by atoms with E-state index in [2.05, 4.69) is 47.6 Å². The Morgan fingerprint density at radius 2 is 2.22 bits per heavy atom. The van der Waals surface area contributed by atoms with Crippen LogP contribution in [0.2, 0.25) is 0 Å². The van der Waals surface area contributed by atoms with Gasteiger partial charge in [-0.1, -0.05) is 17.7 Å². The topological polar surface area (TPSA) is 39.6 Å². The molecule has 3 aromatic rings. The fourth-order valence-corrected chi connectivity index (χ4v) is 3.01. The predicted octanol–water partition coefficient (Wildman–Crippen LogP) is 4.27. The lowest BCUT2D eigenvalue weighted by Crippen LogP contribution is -1.83. The van der Waals surface area contributed by atoms with Crippen molar-refractivity contribution in [1.29, 1.82) is 5.26 Å².